The molecule has 0 fully saturated rings. The molecule has 0 aliphatic carbocycles. The maximum absolute atomic E-state index is 14.0. The molecule has 0 heterocycles. The normalized spacial score (nSPS) is 12.2. The van der Waals surface area contributed by atoms with Gasteiger partial charge in [0.2, 0.25) is 0 Å². The van der Waals surface area contributed by atoms with Crippen molar-refractivity contribution >= 4 is 0 Å². The third-order valence-corrected chi connectivity index (χ3v) is 3.16. The molecule has 3 heteroatoms. The number of hydrogen-bond donors (Lipinski definition) is 1. The Morgan fingerprint density at radius 2 is 1.84 bits per heavy atom. The minimum Gasteiger partial charge on any atom is -0.494 e. The third-order valence-electron chi connectivity index (χ3n) is 3.16. The van der Waals surface area contributed by atoms with Gasteiger partial charge in [0, 0.05) is 18.2 Å². The second kappa shape index (κ2) is 6.34. The summed E-state index contributed by atoms with van der Waals surface area (Å²) in [6.07, 6.45) is 0. The van der Waals surface area contributed by atoms with E-state index in [1.807, 2.05) is 18.2 Å². The summed E-state index contributed by atoms with van der Waals surface area (Å²) in [7, 11) is 1.47. The van der Waals surface area contributed by atoms with Gasteiger partial charge in [-0.25, -0.2) is 4.39 Å². The molecule has 0 unspecified atom stereocenters. The van der Waals surface area contributed by atoms with E-state index in [-0.39, 0.29) is 17.6 Å². The fraction of sp³-hybridized carbons (Fsp3) is 0.250. The van der Waals surface area contributed by atoms with E-state index < -0.39 is 0 Å². The van der Waals surface area contributed by atoms with Crippen LogP contribution in [0.2, 0.25) is 0 Å². The quantitative estimate of drug-likeness (QED) is 0.884. The van der Waals surface area contributed by atoms with Crippen molar-refractivity contribution < 1.29 is 9.13 Å². The largest absolute Gasteiger partial charge is 0.494 e. The molecular formula is C16H18FNO. The van der Waals surface area contributed by atoms with Gasteiger partial charge < -0.3 is 10.1 Å². The first-order valence-corrected chi connectivity index (χ1v) is 6.32. The van der Waals surface area contributed by atoms with Gasteiger partial charge in [0.1, 0.15) is 0 Å². The highest BCUT2D eigenvalue weighted by Gasteiger charge is 2.10. The van der Waals surface area contributed by atoms with Crippen molar-refractivity contribution in [2.24, 2.45) is 0 Å². The average Bonchev–Trinajstić information content (AvgIpc) is 2.47. The smallest absolute Gasteiger partial charge is 0.169 e. The fourth-order valence-corrected chi connectivity index (χ4v) is 1.97. The molecule has 2 aromatic carbocycles. The zero-order valence-electron chi connectivity index (χ0n) is 11.2. The first-order valence-electron chi connectivity index (χ1n) is 6.32. The van der Waals surface area contributed by atoms with Gasteiger partial charge >= 0.3 is 0 Å². The molecule has 0 amide bonds. The van der Waals surface area contributed by atoms with Crippen molar-refractivity contribution in [3.8, 4) is 5.75 Å². The van der Waals surface area contributed by atoms with Gasteiger partial charge in [-0.1, -0.05) is 42.5 Å². The second-order valence-electron chi connectivity index (χ2n) is 4.45. The molecule has 0 saturated heterocycles. The number of nitrogens with one attached hydrogen (secondary N) is 1. The minimum absolute atomic E-state index is 0.173. The lowest BCUT2D eigenvalue weighted by atomic mass is 10.1. The molecular weight excluding hydrogens is 241 g/mol. The summed E-state index contributed by atoms with van der Waals surface area (Å²) in [6, 6.07) is 15.5. The van der Waals surface area contributed by atoms with Crippen LogP contribution >= 0.6 is 0 Å². The summed E-state index contributed by atoms with van der Waals surface area (Å²) in [4.78, 5) is 0. The monoisotopic (exact) mass is 259 g/mol. The highest BCUT2D eigenvalue weighted by atomic mass is 19.1. The Morgan fingerprint density at radius 1 is 1.11 bits per heavy atom. The number of rotatable bonds is 5. The Bertz CT molecular complexity index is 528. The lowest BCUT2D eigenvalue weighted by molar-refractivity contribution is 0.382. The maximum atomic E-state index is 14.0. The van der Waals surface area contributed by atoms with Gasteiger partial charge in [0.25, 0.3) is 0 Å². The van der Waals surface area contributed by atoms with Crippen molar-refractivity contribution in [3.63, 3.8) is 0 Å². The Balaban J connectivity index is 2.03. The lowest BCUT2D eigenvalue weighted by Gasteiger charge is -2.15. The standard InChI is InChI=1S/C16H18FNO/c1-12(13-7-4-3-5-8-13)18-11-14-9-6-10-15(19-2)16(14)17/h3-10,12,18H,11H2,1-2H3/t12-/m1/s1. The highest BCUT2D eigenvalue weighted by Crippen LogP contribution is 2.20. The van der Waals surface area contributed by atoms with E-state index >= 15 is 0 Å². The second-order valence-corrected chi connectivity index (χ2v) is 4.45. The van der Waals surface area contributed by atoms with Crippen molar-refractivity contribution in [1.82, 2.24) is 5.32 Å². The molecule has 0 aromatic heterocycles. The van der Waals surface area contributed by atoms with Gasteiger partial charge in [-0.15, -0.1) is 0 Å². The fourth-order valence-electron chi connectivity index (χ4n) is 1.97. The van der Waals surface area contributed by atoms with Crippen LogP contribution in [0.1, 0.15) is 24.1 Å². The van der Waals surface area contributed by atoms with Crippen LogP contribution in [0.15, 0.2) is 48.5 Å². The van der Waals surface area contributed by atoms with Gasteiger partial charge in [0.15, 0.2) is 11.6 Å². The molecule has 0 spiro atoms. The van der Waals surface area contributed by atoms with Gasteiger partial charge in [-0.05, 0) is 18.6 Å². The van der Waals surface area contributed by atoms with Crippen LogP contribution < -0.4 is 10.1 Å². The van der Waals surface area contributed by atoms with E-state index in [4.69, 9.17) is 4.74 Å². The first kappa shape index (κ1) is 13.6. The topological polar surface area (TPSA) is 21.3 Å². The maximum Gasteiger partial charge on any atom is 0.169 e. The van der Waals surface area contributed by atoms with E-state index in [9.17, 15) is 4.39 Å². The molecule has 0 bridgehead atoms. The van der Waals surface area contributed by atoms with Gasteiger partial charge in [0.05, 0.1) is 7.11 Å². The van der Waals surface area contributed by atoms with E-state index in [2.05, 4.69) is 24.4 Å². The molecule has 1 N–H and O–H groups in total. The predicted octanol–water partition coefficient (Wildman–Crippen LogP) is 3.69. The lowest BCUT2D eigenvalue weighted by Crippen LogP contribution is -2.18. The zero-order chi connectivity index (χ0) is 13.7. The molecule has 0 saturated carbocycles. The first-order chi connectivity index (χ1) is 9.22. The highest BCUT2D eigenvalue weighted by molar-refractivity contribution is 5.31. The predicted molar refractivity (Wildman–Crippen MR) is 74.6 cm³/mol. The molecule has 0 aliphatic rings. The molecule has 0 radical (unpaired) electrons. The number of halogens is 1. The Morgan fingerprint density at radius 3 is 2.53 bits per heavy atom. The van der Waals surface area contributed by atoms with Crippen molar-refractivity contribution in [3.05, 3.63) is 65.5 Å². The molecule has 1 atom stereocenters. The number of ether oxygens (including phenoxy) is 1. The summed E-state index contributed by atoms with van der Waals surface area (Å²) in [5.41, 5.74) is 1.80. The summed E-state index contributed by atoms with van der Waals surface area (Å²) < 4.78 is 18.9. The van der Waals surface area contributed by atoms with Crippen molar-refractivity contribution in [1.29, 1.82) is 0 Å². The van der Waals surface area contributed by atoms with Crippen LogP contribution in [-0.4, -0.2) is 7.11 Å². The molecule has 2 aromatic rings. The Labute approximate surface area is 113 Å². The van der Waals surface area contributed by atoms with Crippen molar-refractivity contribution in [2.75, 3.05) is 7.11 Å². The van der Waals surface area contributed by atoms with Crippen LogP contribution in [-0.2, 0) is 6.54 Å². The Kier molecular flexibility index (Phi) is 4.53. The van der Waals surface area contributed by atoms with Crippen LogP contribution in [0.4, 0.5) is 4.39 Å². The van der Waals surface area contributed by atoms with Crippen LogP contribution in [0.3, 0.4) is 0 Å². The summed E-state index contributed by atoms with van der Waals surface area (Å²) in [5.74, 6) is -0.00979. The Hall–Kier alpha value is -1.87. The van der Waals surface area contributed by atoms with E-state index in [0.29, 0.717) is 12.1 Å². The number of benzene rings is 2. The van der Waals surface area contributed by atoms with Crippen molar-refractivity contribution in [2.45, 2.75) is 19.5 Å². The average molecular weight is 259 g/mol. The summed E-state index contributed by atoms with van der Waals surface area (Å²) in [6.45, 7) is 2.53. The molecule has 2 rings (SSSR count). The van der Waals surface area contributed by atoms with Gasteiger partial charge in [-0.3, -0.25) is 0 Å². The molecule has 2 nitrogen and oxygen atoms in total. The van der Waals surface area contributed by atoms with Crippen LogP contribution in [0.25, 0.3) is 0 Å². The number of hydrogen-bond acceptors (Lipinski definition) is 2. The molecule has 100 valence electrons. The van der Waals surface area contributed by atoms with Gasteiger partial charge in [-0.2, -0.15) is 0 Å². The zero-order valence-corrected chi connectivity index (χ0v) is 11.2. The van der Waals surface area contributed by atoms with E-state index in [0.717, 1.165) is 0 Å². The third kappa shape index (κ3) is 3.32. The molecule has 19 heavy (non-hydrogen) atoms. The van der Waals surface area contributed by atoms with Crippen LogP contribution in [0, 0.1) is 5.82 Å². The van der Waals surface area contributed by atoms with E-state index in [1.54, 1.807) is 18.2 Å². The van der Waals surface area contributed by atoms with E-state index in [1.165, 1.54) is 12.7 Å². The van der Waals surface area contributed by atoms with Crippen LogP contribution in [0.5, 0.6) is 5.75 Å². The number of methoxy groups -OCH3 is 1. The summed E-state index contributed by atoms with van der Waals surface area (Å²) >= 11 is 0. The molecule has 0 aliphatic heterocycles. The summed E-state index contributed by atoms with van der Waals surface area (Å²) in [5, 5.41) is 3.31. The minimum atomic E-state index is -0.294. The SMILES string of the molecule is COc1cccc(CN[C@H](C)c2ccccc2)c1F.